The summed E-state index contributed by atoms with van der Waals surface area (Å²) in [6.45, 7) is 5.98. The van der Waals surface area contributed by atoms with Crippen molar-refractivity contribution in [3.63, 3.8) is 0 Å². The van der Waals surface area contributed by atoms with Crippen LogP contribution in [0.3, 0.4) is 0 Å². The van der Waals surface area contributed by atoms with Crippen molar-refractivity contribution in [2.75, 3.05) is 39.4 Å². The molecule has 0 bridgehead atoms. The van der Waals surface area contributed by atoms with E-state index in [0.717, 1.165) is 38.2 Å². The zero-order chi connectivity index (χ0) is 17.6. The highest BCUT2D eigenvalue weighted by Gasteiger charge is 2.29. The molecule has 8 nitrogen and oxygen atoms in total. The first-order valence-corrected chi connectivity index (χ1v) is 8.78. The van der Waals surface area contributed by atoms with Crippen LogP contribution in [0.4, 0.5) is 0 Å². The minimum Gasteiger partial charge on any atom is -0.379 e. The van der Waals surface area contributed by atoms with E-state index < -0.39 is 0 Å². The summed E-state index contributed by atoms with van der Waals surface area (Å²) in [4.78, 5) is 36.5. The lowest BCUT2D eigenvalue weighted by Crippen LogP contribution is -2.43. The van der Waals surface area contributed by atoms with E-state index in [0.29, 0.717) is 32.0 Å². The number of morpholine rings is 1. The third-order valence-corrected chi connectivity index (χ3v) is 4.64. The van der Waals surface area contributed by atoms with Gasteiger partial charge in [0.2, 0.25) is 11.8 Å². The molecule has 0 radical (unpaired) electrons. The standard InChI is InChI=1S/C17H25N5O3/c1-13(23)22-4-2-3-16(22)15-11-18-9-14(20-15)10-19-17(24)12-21-5-7-25-8-6-21/h9,11,16H,2-8,10,12H2,1H3,(H,19,24). The molecule has 25 heavy (non-hydrogen) atoms. The number of hydrogen-bond donors (Lipinski definition) is 1. The molecule has 2 aliphatic rings. The van der Waals surface area contributed by atoms with E-state index in [1.54, 1.807) is 19.3 Å². The topological polar surface area (TPSA) is 87.7 Å². The van der Waals surface area contributed by atoms with Gasteiger partial charge in [-0.3, -0.25) is 24.5 Å². The van der Waals surface area contributed by atoms with Gasteiger partial charge in [0.25, 0.3) is 0 Å². The second kappa shape index (κ2) is 8.35. The summed E-state index contributed by atoms with van der Waals surface area (Å²) >= 11 is 0. The Balaban J connectivity index is 1.54. The van der Waals surface area contributed by atoms with E-state index in [4.69, 9.17) is 4.74 Å². The Morgan fingerprint density at radius 3 is 2.84 bits per heavy atom. The molecule has 3 rings (SSSR count). The number of aromatic nitrogens is 2. The number of nitrogens with zero attached hydrogens (tertiary/aromatic N) is 4. The van der Waals surface area contributed by atoms with Gasteiger partial charge in [0, 0.05) is 26.6 Å². The van der Waals surface area contributed by atoms with Crippen molar-refractivity contribution in [1.82, 2.24) is 25.1 Å². The first-order valence-electron chi connectivity index (χ1n) is 8.78. The largest absolute Gasteiger partial charge is 0.379 e. The Kier molecular flexibility index (Phi) is 5.93. The third kappa shape index (κ3) is 4.73. The van der Waals surface area contributed by atoms with Crippen LogP contribution in [0.5, 0.6) is 0 Å². The van der Waals surface area contributed by atoms with Crippen molar-refractivity contribution in [2.24, 2.45) is 0 Å². The second-order valence-electron chi connectivity index (χ2n) is 6.47. The Bertz CT molecular complexity index is 618. The average molecular weight is 347 g/mol. The summed E-state index contributed by atoms with van der Waals surface area (Å²) in [7, 11) is 0. The summed E-state index contributed by atoms with van der Waals surface area (Å²) in [6, 6.07) is -0.00555. The van der Waals surface area contributed by atoms with Crippen LogP contribution in [-0.4, -0.2) is 71.0 Å². The fraction of sp³-hybridized carbons (Fsp3) is 0.647. The van der Waals surface area contributed by atoms with Gasteiger partial charge in [-0.1, -0.05) is 0 Å². The first kappa shape index (κ1) is 17.8. The maximum Gasteiger partial charge on any atom is 0.234 e. The molecule has 2 saturated heterocycles. The van der Waals surface area contributed by atoms with Gasteiger partial charge in [-0.25, -0.2) is 0 Å². The van der Waals surface area contributed by atoms with E-state index >= 15 is 0 Å². The lowest BCUT2D eigenvalue weighted by atomic mass is 10.1. The van der Waals surface area contributed by atoms with Crippen LogP contribution in [0, 0.1) is 0 Å². The third-order valence-electron chi connectivity index (χ3n) is 4.64. The number of rotatable bonds is 5. The Morgan fingerprint density at radius 1 is 1.28 bits per heavy atom. The molecule has 0 aromatic carbocycles. The summed E-state index contributed by atoms with van der Waals surface area (Å²) in [6.07, 6.45) is 5.25. The van der Waals surface area contributed by atoms with Crippen LogP contribution >= 0.6 is 0 Å². The van der Waals surface area contributed by atoms with Crippen LogP contribution in [-0.2, 0) is 20.9 Å². The van der Waals surface area contributed by atoms with Gasteiger partial charge >= 0.3 is 0 Å². The molecule has 2 fully saturated rings. The average Bonchev–Trinajstić information content (AvgIpc) is 3.11. The molecule has 8 heteroatoms. The molecule has 0 spiro atoms. The fourth-order valence-electron chi connectivity index (χ4n) is 3.33. The molecule has 3 heterocycles. The monoisotopic (exact) mass is 347 g/mol. The van der Waals surface area contributed by atoms with Crippen LogP contribution in [0.15, 0.2) is 12.4 Å². The second-order valence-corrected chi connectivity index (χ2v) is 6.47. The summed E-state index contributed by atoms with van der Waals surface area (Å²) < 4.78 is 5.28. The number of hydrogen-bond acceptors (Lipinski definition) is 6. The van der Waals surface area contributed by atoms with Gasteiger partial charge < -0.3 is 15.0 Å². The quantitative estimate of drug-likeness (QED) is 0.813. The number of carbonyl (C=O) groups is 2. The highest BCUT2D eigenvalue weighted by molar-refractivity contribution is 5.78. The maximum absolute atomic E-state index is 12.1. The van der Waals surface area contributed by atoms with Crippen LogP contribution in [0.2, 0.25) is 0 Å². The normalized spacial score (nSPS) is 21.3. The van der Waals surface area contributed by atoms with E-state index in [1.807, 2.05) is 4.90 Å². The van der Waals surface area contributed by atoms with Crippen LogP contribution in [0.1, 0.15) is 37.2 Å². The smallest absolute Gasteiger partial charge is 0.234 e. The van der Waals surface area contributed by atoms with Crippen molar-refractivity contribution in [2.45, 2.75) is 32.4 Å². The molecular weight excluding hydrogens is 322 g/mol. The summed E-state index contributed by atoms with van der Waals surface area (Å²) in [5.74, 6) is 0.0360. The van der Waals surface area contributed by atoms with Gasteiger partial charge in [0.15, 0.2) is 0 Å². The van der Waals surface area contributed by atoms with Crippen LogP contribution < -0.4 is 5.32 Å². The predicted octanol–water partition coefficient (Wildman–Crippen LogP) is 0.108. The minimum absolute atomic E-state index is 0.00555. The first-order chi connectivity index (χ1) is 12.1. The lowest BCUT2D eigenvalue weighted by molar-refractivity contribution is -0.129. The SMILES string of the molecule is CC(=O)N1CCCC1c1cncc(CNC(=O)CN2CCOCC2)n1. The van der Waals surface area contributed by atoms with E-state index in [1.165, 1.54) is 0 Å². The summed E-state index contributed by atoms with van der Waals surface area (Å²) in [5, 5.41) is 2.89. The molecule has 2 amide bonds. The Hall–Kier alpha value is -2.06. The van der Waals surface area contributed by atoms with Gasteiger partial charge in [-0.05, 0) is 12.8 Å². The molecule has 1 N–H and O–H groups in total. The highest BCUT2D eigenvalue weighted by atomic mass is 16.5. The fourth-order valence-corrected chi connectivity index (χ4v) is 3.33. The number of likely N-dealkylation sites (tertiary alicyclic amines) is 1. The molecule has 1 aromatic heterocycles. The highest BCUT2D eigenvalue weighted by Crippen LogP contribution is 2.30. The predicted molar refractivity (Wildman–Crippen MR) is 90.5 cm³/mol. The number of amides is 2. The van der Waals surface area contributed by atoms with Crippen molar-refractivity contribution < 1.29 is 14.3 Å². The number of carbonyl (C=O) groups excluding carboxylic acids is 2. The van der Waals surface area contributed by atoms with Crippen molar-refractivity contribution in [3.8, 4) is 0 Å². The number of nitrogens with one attached hydrogen (secondary N) is 1. The molecule has 1 atom stereocenters. The van der Waals surface area contributed by atoms with E-state index in [9.17, 15) is 9.59 Å². The van der Waals surface area contributed by atoms with E-state index in [-0.39, 0.29) is 17.9 Å². The maximum atomic E-state index is 12.1. The molecule has 0 saturated carbocycles. The zero-order valence-corrected chi connectivity index (χ0v) is 14.6. The van der Waals surface area contributed by atoms with E-state index in [2.05, 4.69) is 20.2 Å². The lowest BCUT2D eigenvalue weighted by Gasteiger charge is -2.25. The summed E-state index contributed by atoms with van der Waals surface area (Å²) in [5.41, 5.74) is 1.51. The zero-order valence-electron chi connectivity index (χ0n) is 14.6. The van der Waals surface area contributed by atoms with Crippen molar-refractivity contribution in [1.29, 1.82) is 0 Å². The molecule has 0 aliphatic carbocycles. The van der Waals surface area contributed by atoms with Gasteiger partial charge in [-0.2, -0.15) is 0 Å². The molecule has 1 unspecified atom stereocenters. The van der Waals surface area contributed by atoms with Gasteiger partial charge in [-0.15, -0.1) is 0 Å². The Labute approximate surface area is 147 Å². The van der Waals surface area contributed by atoms with Gasteiger partial charge in [0.05, 0.1) is 56.1 Å². The molecule has 2 aliphatic heterocycles. The number of ether oxygens (including phenoxy) is 1. The van der Waals surface area contributed by atoms with Crippen LogP contribution in [0.25, 0.3) is 0 Å². The minimum atomic E-state index is -0.0275. The Morgan fingerprint density at radius 2 is 2.08 bits per heavy atom. The van der Waals surface area contributed by atoms with Crippen molar-refractivity contribution >= 4 is 11.8 Å². The molecule has 1 aromatic rings. The van der Waals surface area contributed by atoms with Crippen molar-refractivity contribution in [3.05, 3.63) is 23.8 Å². The van der Waals surface area contributed by atoms with Gasteiger partial charge in [0.1, 0.15) is 0 Å². The molecule has 136 valence electrons. The molecular formula is C17H25N5O3.